The lowest BCUT2D eigenvalue weighted by Crippen LogP contribution is -2.53. The van der Waals surface area contributed by atoms with Crippen LogP contribution in [-0.2, 0) is 11.3 Å². The third-order valence-corrected chi connectivity index (χ3v) is 6.43. The lowest BCUT2D eigenvalue weighted by Gasteiger charge is -2.44. The minimum Gasteiger partial charge on any atom is -0.473 e. The summed E-state index contributed by atoms with van der Waals surface area (Å²) in [5.74, 6) is 0. The molecular formula is C17H24F3N3O3S. The fourth-order valence-electron chi connectivity index (χ4n) is 3.85. The van der Waals surface area contributed by atoms with Crippen molar-refractivity contribution < 1.29 is 27.4 Å². The molecule has 3 rings (SSSR count). The molecule has 0 radical (unpaired) electrons. The molecule has 1 aromatic rings. The molecule has 1 atom stereocenters. The molecule has 10 heteroatoms. The van der Waals surface area contributed by atoms with Crippen LogP contribution < -0.4 is 4.74 Å². The zero-order valence-corrected chi connectivity index (χ0v) is 16.2. The van der Waals surface area contributed by atoms with E-state index < -0.39 is 18.4 Å². The number of carbonyl (C=O) groups excluding carboxylic acids is 1. The monoisotopic (exact) mass is 407 g/mol. The zero-order chi connectivity index (χ0) is 19.7. The maximum Gasteiger partial charge on any atom is 0.425 e. The summed E-state index contributed by atoms with van der Waals surface area (Å²) in [6.07, 6.45) is -2.12. The molecule has 1 spiro atoms. The molecule has 1 amide bonds. The number of aromatic nitrogens is 1. The first-order valence-corrected chi connectivity index (χ1v) is 9.81. The Morgan fingerprint density at radius 2 is 2.04 bits per heavy atom. The zero-order valence-electron chi connectivity index (χ0n) is 15.4. The van der Waals surface area contributed by atoms with Crippen molar-refractivity contribution in [2.24, 2.45) is 0 Å². The first-order valence-electron chi connectivity index (χ1n) is 8.99. The van der Waals surface area contributed by atoms with Gasteiger partial charge < -0.3 is 14.4 Å². The Morgan fingerprint density at radius 1 is 1.33 bits per heavy atom. The van der Waals surface area contributed by atoms with Crippen LogP contribution in [0.3, 0.4) is 0 Å². The number of nitrogens with zero attached hydrogens (tertiary/aromatic N) is 3. The van der Waals surface area contributed by atoms with Gasteiger partial charge in [-0.25, -0.2) is 9.78 Å². The normalized spacial score (nSPS) is 21.4. The van der Waals surface area contributed by atoms with Gasteiger partial charge in [0.1, 0.15) is 0 Å². The van der Waals surface area contributed by atoms with Gasteiger partial charge in [-0.05, 0) is 39.2 Å². The van der Waals surface area contributed by atoms with Gasteiger partial charge >= 0.3 is 12.3 Å². The molecule has 3 heterocycles. The second kappa shape index (κ2) is 7.83. The van der Waals surface area contributed by atoms with E-state index in [2.05, 4.69) is 14.6 Å². The molecule has 1 aromatic heterocycles. The Balaban J connectivity index is 1.57. The largest absolute Gasteiger partial charge is 0.473 e. The van der Waals surface area contributed by atoms with Gasteiger partial charge in [0.2, 0.25) is 0 Å². The van der Waals surface area contributed by atoms with Crippen LogP contribution in [0.15, 0.2) is 6.20 Å². The summed E-state index contributed by atoms with van der Waals surface area (Å²) in [6.45, 7) is 3.41. The Bertz CT molecular complexity index is 659. The number of piperidine rings is 1. The van der Waals surface area contributed by atoms with Crippen molar-refractivity contribution in [2.45, 2.75) is 57.0 Å². The van der Waals surface area contributed by atoms with E-state index in [1.807, 2.05) is 6.20 Å². The summed E-state index contributed by atoms with van der Waals surface area (Å²) in [7, 11) is 1.59. The third kappa shape index (κ3) is 4.48. The maximum absolute atomic E-state index is 12.6. The number of thiazole rings is 1. The average molecular weight is 407 g/mol. The van der Waals surface area contributed by atoms with Crippen LogP contribution in [0.25, 0.3) is 0 Å². The number of carbonyl (C=O) groups is 1. The topological polar surface area (TPSA) is 54.9 Å². The predicted molar refractivity (Wildman–Crippen MR) is 93.8 cm³/mol. The van der Waals surface area contributed by atoms with Crippen LogP contribution >= 0.6 is 11.3 Å². The van der Waals surface area contributed by atoms with Crippen LogP contribution in [-0.4, -0.2) is 65.4 Å². The van der Waals surface area contributed by atoms with Gasteiger partial charge in [-0.2, -0.15) is 13.2 Å². The molecule has 1 unspecified atom stereocenters. The molecule has 6 nitrogen and oxygen atoms in total. The van der Waals surface area contributed by atoms with E-state index >= 15 is 0 Å². The van der Waals surface area contributed by atoms with E-state index in [0.29, 0.717) is 18.3 Å². The SMILES string of the molecule is COc1ncc(CN2CCCC23CCN(C(=O)OC(C)C(F)(F)F)CC3)s1. The Kier molecular flexibility index (Phi) is 5.85. The molecular weight excluding hydrogens is 383 g/mol. The van der Waals surface area contributed by atoms with Crippen LogP contribution in [0, 0.1) is 0 Å². The van der Waals surface area contributed by atoms with Gasteiger partial charge in [0, 0.05) is 36.2 Å². The molecule has 0 aliphatic carbocycles. The van der Waals surface area contributed by atoms with Crippen molar-refractivity contribution in [2.75, 3.05) is 26.7 Å². The lowest BCUT2D eigenvalue weighted by molar-refractivity contribution is -0.200. The molecule has 2 fully saturated rings. The fraction of sp³-hybridized carbons (Fsp3) is 0.765. The van der Waals surface area contributed by atoms with Crippen LogP contribution in [0.1, 0.15) is 37.5 Å². The number of likely N-dealkylation sites (tertiary alicyclic amines) is 2. The van der Waals surface area contributed by atoms with Gasteiger partial charge in [-0.15, -0.1) is 0 Å². The lowest BCUT2D eigenvalue weighted by atomic mass is 9.85. The molecule has 152 valence electrons. The molecule has 2 aliphatic rings. The summed E-state index contributed by atoms with van der Waals surface area (Å²) in [4.78, 5) is 21.2. The number of methoxy groups -OCH3 is 1. The summed E-state index contributed by atoms with van der Waals surface area (Å²) in [6, 6.07) is 0. The Labute approximate surface area is 160 Å². The summed E-state index contributed by atoms with van der Waals surface area (Å²) in [5, 5.41) is 0.634. The van der Waals surface area contributed by atoms with Gasteiger partial charge in [-0.1, -0.05) is 11.3 Å². The second-order valence-corrected chi connectivity index (χ2v) is 8.18. The van der Waals surface area contributed by atoms with Crippen molar-refractivity contribution in [3.05, 3.63) is 11.1 Å². The van der Waals surface area contributed by atoms with Crippen molar-refractivity contribution in [3.63, 3.8) is 0 Å². The highest BCUT2D eigenvalue weighted by Gasteiger charge is 2.45. The van der Waals surface area contributed by atoms with Crippen LogP contribution in [0.4, 0.5) is 18.0 Å². The number of rotatable bonds is 4. The van der Waals surface area contributed by atoms with E-state index in [9.17, 15) is 18.0 Å². The van der Waals surface area contributed by atoms with Crippen molar-refractivity contribution in [3.8, 4) is 5.19 Å². The average Bonchev–Trinajstić information content (AvgIpc) is 3.23. The Hall–Kier alpha value is -1.55. The standard InChI is InChI=1S/C17H24F3N3O3S/c1-12(17(18,19)20)26-15(24)22-8-5-16(6-9-22)4-3-7-23(16)11-13-10-21-14(25-2)27-13/h10,12H,3-9,11H2,1-2H3. The Morgan fingerprint density at radius 3 is 2.63 bits per heavy atom. The molecule has 0 N–H and O–H groups in total. The maximum atomic E-state index is 12.6. The van der Waals surface area contributed by atoms with Crippen LogP contribution in [0.5, 0.6) is 5.19 Å². The minimum absolute atomic E-state index is 0.0103. The predicted octanol–water partition coefficient (Wildman–Crippen LogP) is 3.67. The first-order chi connectivity index (χ1) is 12.7. The summed E-state index contributed by atoms with van der Waals surface area (Å²) < 4.78 is 47.5. The van der Waals surface area contributed by atoms with Crippen LogP contribution in [0.2, 0.25) is 0 Å². The van der Waals surface area contributed by atoms with Crippen molar-refractivity contribution >= 4 is 17.4 Å². The van der Waals surface area contributed by atoms with Gasteiger partial charge in [0.25, 0.3) is 5.19 Å². The number of halogens is 3. The van der Waals surface area contributed by atoms with E-state index in [4.69, 9.17) is 4.74 Å². The number of hydrogen-bond donors (Lipinski definition) is 0. The highest BCUT2D eigenvalue weighted by molar-refractivity contribution is 7.13. The van der Waals surface area contributed by atoms with E-state index in [0.717, 1.165) is 50.6 Å². The van der Waals surface area contributed by atoms with Gasteiger partial charge in [0.15, 0.2) is 6.10 Å². The smallest absolute Gasteiger partial charge is 0.425 e. The van der Waals surface area contributed by atoms with Gasteiger partial charge in [-0.3, -0.25) is 4.90 Å². The highest BCUT2D eigenvalue weighted by Crippen LogP contribution is 2.40. The molecule has 0 aromatic carbocycles. The fourth-order valence-corrected chi connectivity index (χ4v) is 4.59. The number of ether oxygens (including phenoxy) is 2. The van der Waals surface area contributed by atoms with Crippen molar-refractivity contribution in [1.82, 2.24) is 14.8 Å². The van der Waals surface area contributed by atoms with E-state index in [-0.39, 0.29) is 5.54 Å². The van der Waals surface area contributed by atoms with E-state index in [1.165, 1.54) is 16.2 Å². The third-order valence-electron chi connectivity index (χ3n) is 5.49. The minimum atomic E-state index is -4.54. The number of alkyl halides is 3. The molecule has 0 bridgehead atoms. The van der Waals surface area contributed by atoms with Gasteiger partial charge in [0.05, 0.1) is 7.11 Å². The van der Waals surface area contributed by atoms with E-state index in [1.54, 1.807) is 7.11 Å². The molecule has 2 aliphatic heterocycles. The number of amides is 1. The molecule has 27 heavy (non-hydrogen) atoms. The second-order valence-electron chi connectivity index (χ2n) is 7.10. The highest BCUT2D eigenvalue weighted by atomic mass is 32.1. The molecule has 2 saturated heterocycles. The quantitative estimate of drug-likeness (QED) is 0.762. The summed E-state index contributed by atoms with van der Waals surface area (Å²) >= 11 is 1.52. The first kappa shape index (κ1) is 20.2. The number of hydrogen-bond acceptors (Lipinski definition) is 6. The van der Waals surface area contributed by atoms with Crippen molar-refractivity contribution in [1.29, 1.82) is 0 Å². The molecule has 0 saturated carbocycles. The summed E-state index contributed by atoms with van der Waals surface area (Å²) in [5.41, 5.74) is -0.0103.